The van der Waals surface area contributed by atoms with E-state index in [-0.39, 0.29) is 5.41 Å². The first-order valence-corrected chi connectivity index (χ1v) is 4.03. The highest BCUT2D eigenvalue weighted by atomic mass is 14.8. The van der Waals surface area contributed by atoms with Crippen LogP contribution in [0.25, 0.3) is 0 Å². The zero-order chi connectivity index (χ0) is 10.5. The number of aliphatic imine (C=N–C) groups is 2. The third-order valence-electron chi connectivity index (χ3n) is 1.43. The summed E-state index contributed by atoms with van der Waals surface area (Å²) in [5.41, 5.74) is 1.09. The predicted molar refractivity (Wildman–Crippen MR) is 55.8 cm³/mol. The summed E-state index contributed by atoms with van der Waals surface area (Å²) in [7, 11) is 0. The number of hydrogen-bond donors (Lipinski definition) is 0. The molecule has 0 heterocycles. The second-order valence-corrected chi connectivity index (χ2v) is 3.76. The van der Waals surface area contributed by atoms with Crippen molar-refractivity contribution in [1.82, 2.24) is 0 Å². The molecule has 0 aliphatic rings. The van der Waals surface area contributed by atoms with Gasteiger partial charge in [-0.1, -0.05) is 20.8 Å². The number of nitriles is 1. The van der Waals surface area contributed by atoms with Gasteiger partial charge in [0.2, 0.25) is 0 Å². The van der Waals surface area contributed by atoms with Crippen molar-refractivity contribution in [1.29, 1.82) is 5.26 Å². The fraction of sp³-hybridized carbons (Fsp3) is 0.500. The van der Waals surface area contributed by atoms with Crippen LogP contribution in [-0.2, 0) is 0 Å². The molecule has 0 atom stereocenters. The Balaban J connectivity index is 5.00. The number of nitrogens with zero attached hydrogens (tertiary/aromatic N) is 3. The standard InChI is InChI=1S/C10H15N3/c1-8(6-11)13-9(7-12-5)10(2,3)4/h7H,5H2,1-4H3/b9-7-,13-8?. The molecule has 0 radical (unpaired) electrons. The van der Waals surface area contributed by atoms with Gasteiger partial charge in [0.1, 0.15) is 11.8 Å². The molecule has 0 bridgehead atoms. The van der Waals surface area contributed by atoms with Gasteiger partial charge in [-0.15, -0.1) is 0 Å². The van der Waals surface area contributed by atoms with Crippen LogP contribution < -0.4 is 0 Å². The van der Waals surface area contributed by atoms with Gasteiger partial charge in [0.15, 0.2) is 0 Å². The van der Waals surface area contributed by atoms with Crippen LogP contribution in [0.2, 0.25) is 0 Å². The molecule has 13 heavy (non-hydrogen) atoms. The average molecular weight is 177 g/mol. The Kier molecular flexibility index (Phi) is 4.06. The van der Waals surface area contributed by atoms with E-state index in [0.29, 0.717) is 5.71 Å². The van der Waals surface area contributed by atoms with E-state index in [1.807, 2.05) is 26.8 Å². The number of allylic oxidation sites excluding steroid dienone is 1. The molecular weight excluding hydrogens is 162 g/mol. The molecule has 3 heteroatoms. The molecule has 0 saturated carbocycles. The summed E-state index contributed by atoms with van der Waals surface area (Å²) in [6, 6.07) is 1.97. The molecule has 0 aliphatic carbocycles. The Hall–Kier alpha value is -1.43. The third-order valence-corrected chi connectivity index (χ3v) is 1.43. The van der Waals surface area contributed by atoms with E-state index in [1.54, 1.807) is 13.1 Å². The quantitative estimate of drug-likeness (QED) is 0.598. The Morgan fingerprint density at radius 1 is 1.46 bits per heavy atom. The van der Waals surface area contributed by atoms with Crippen LogP contribution in [0.5, 0.6) is 0 Å². The molecule has 0 saturated heterocycles. The van der Waals surface area contributed by atoms with E-state index in [9.17, 15) is 0 Å². The lowest BCUT2D eigenvalue weighted by molar-refractivity contribution is 0.497. The van der Waals surface area contributed by atoms with Crippen molar-refractivity contribution in [2.75, 3.05) is 0 Å². The van der Waals surface area contributed by atoms with Gasteiger partial charge in [0.25, 0.3) is 0 Å². The second-order valence-electron chi connectivity index (χ2n) is 3.76. The van der Waals surface area contributed by atoms with Crippen LogP contribution in [0.1, 0.15) is 27.7 Å². The Morgan fingerprint density at radius 3 is 2.31 bits per heavy atom. The highest BCUT2D eigenvalue weighted by molar-refractivity contribution is 5.97. The van der Waals surface area contributed by atoms with E-state index in [0.717, 1.165) is 5.70 Å². The molecule has 0 amide bonds. The molecule has 0 rings (SSSR count). The topological polar surface area (TPSA) is 48.5 Å². The molecule has 70 valence electrons. The van der Waals surface area contributed by atoms with E-state index in [1.165, 1.54) is 0 Å². The minimum absolute atomic E-state index is 0.112. The molecule has 0 aliphatic heterocycles. The van der Waals surface area contributed by atoms with Crippen molar-refractivity contribution >= 4 is 12.4 Å². The first kappa shape index (κ1) is 11.6. The van der Waals surface area contributed by atoms with Gasteiger partial charge in [-0.2, -0.15) is 5.26 Å². The maximum absolute atomic E-state index is 8.56. The summed E-state index contributed by atoms with van der Waals surface area (Å²) in [5.74, 6) is 0. The van der Waals surface area contributed by atoms with E-state index >= 15 is 0 Å². The van der Waals surface area contributed by atoms with Crippen molar-refractivity contribution in [3.63, 3.8) is 0 Å². The minimum Gasteiger partial charge on any atom is -0.271 e. The maximum atomic E-state index is 8.56. The Labute approximate surface area is 79.5 Å². The van der Waals surface area contributed by atoms with Crippen molar-refractivity contribution in [2.45, 2.75) is 27.7 Å². The molecule has 0 aromatic heterocycles. The summed E-state index contributed by atoms with van der Waals surface area (Å²) in [6.07, 6.45) is 1.58. The molecule has 3 nitrogen and oxygen atoms in total. The molecule has 0 aromatic carbocycles. The van der Waals surface area contributed by atoms with Gasteiger partial charge in [0.05, 0.1) is 5.70 Å². The smallest absolute Gasteiger partial charge is 0.115 e. The van der Waals surface area contributed by atoms with Crippen LogP contribution in [0.4, 0.5) is 0 Å². The summed E-state index contributed by atoms with van der Waals surface area (Å²) in [6.45, 7) is 11.1. The van der Waals surface area contributed by atoms with Crippen molar-refractivity contribution < 1.29 is 0 Å². The first-order valence-electron chi connectivity index (χ1n) is 4.03. The van der Waals surface area contributed by atoms with Gasteiger partial charge in [-0.3, -0.25) is 4.99 Å². The molecule has 0 N–H and O–H groups in total. The average Bonchev–Trinajstić information content (AvgIpc) is 2.01. The fourth-order valence-electron chi connectivity index (χ4n) is 0.682. The lowest BCUT2D eigenvalue weighted by atomic mass is 9.93. The maximum Gasteiger partial charge on any atom is 0.115 e. The SMILES string of the molecule is C=N/C=C(\N=C(C)C#N)C(C)(C)C. The van der Waals surface area contributed by atoms with Crippen LogP contribution in [-0.4, -0.2) is 12.4 Å². The highest BCUT2D eigenvalue weighted by Crippen LogP contribution is 2.26. The third kappa shape index (κ3) is 4.22. The zero-order valence-corrected chi connectivity index (χ0v) is 8.63. The highest BCUT2D eigenvalue weighted by Gasteiger charge is 2.16. The van der Waals surface area contributed by atoms with E-state index < -0.39 is 0 Å². The Bertz CT molecular complexity index is 284. The second kappa shape index (κ2) is 4.56. The minimum atomic E-state index is -0.112. The molecule has 0 fully saturated rings. The van der Waals surface area contributed by atoms with Crippen molar-refractivity contribution in [3.05, 3.63) is 11.9 Å². The van der Waals surface area contributed by atoms with E-state index in [4.69, 9.17) is 5.26 Å². The van der Waals surface area contributed by atoms with Crippen LogP contribution >= 0.6 is 0 Å². The number of hydrogen-bond acceptors (Lipinski definition) is 3. The molecule has 0 unspecified atom stereocenters. The first-order chi connectivity index (χ1) is 5.91. The summed E-state index contributed by atoms with van der Waals surface area (Å²) < 4.78 is 0. The van der Waals surface area contributed by atoms with E-state index in [2.05, 4.69) is 16.7 Å². The molecule has 0 spiro atoms. The van der Waals surface area contributed by atoms with Gasteiger partial charge in [0, 0.05) is 11.6 Å². The zero-order valence-electron chi connectivity index (χ0n) is 8.63. The summed E-state index contributed by atoms with van der Waals surface area (Å²) in [5, 5.41) is 8.56. The van der Waals surface area contributed by atoms with Crippen molar-refractivity contribution in [3.8, 4) is 6.07 Å². The van der Waals surface area contributed by atoms with Gasteiger partial charge < -0.3 is 0 Å². The largest absolute Gasteiger partial charge is 0.271 e. The van der Waals surface area contributed by atoms with Gasteiger partial charge >= 0.3 is 0 Å². The lowest BCUT2D eigenvalue weighted by Gasteiger charge is -2.18. The number of rotatable bonds is 2. The van der Waals surface area contributed by atoms with Crippen molar-refractivity contribution in [2.24, 2.45) is 15.4 Å². The fourth-order valence-corrected chi connectivity index (χ4v) is 0.682. The predicted octanol–water partition coefficient (Wildman–Crippen LogP) is 2.56. The normalized spacial score (nSPS) is 13.8. The summed E-state index contributed by atoms with van der Waals surface area (Å²) in [4.78, 5) is 7.80. The summed E-state index contributed by atoms with van der Waals surface area (Å²) >= 11 is 0. The Morgan fingerprint density at radius 2 is 2.00 bits per heavy atom. The van der Waals surface area contributed by atoms with Gasteiger partial charge in [-0.25, -0.2) is 4.99 Å². The van der Waals surface area contributed by atoms with Crippen LogP contribution in [0.3, 0.4) is 0 Å². The monoisotopic (exact) mass is 177 g/mol. The van der Waals surface area contributed by atoms with Gasteiger partial charge in [-0.05, 0) is 13.6 Å². The molecule has 0 aromatic rings. The van der Waals surface area contributed by atoms with Crippen LogP contribution in [0, 0.1) is 16.7 Å². The van der Waals surface area contributed by atoms with Crippen LogP contribution in [0.15, 0.2) is 21.9 Å². The molecular formula is C10H15N3. The lowest BCUT2D eigenvalue weighted by Crippen LogP contribution is -2.08.